The highest BCUT2D eigenvalue weighted by molar-refractivity contribution is 8.00. The second kappa shape index (κ2) is 4.92. The molecule has 0 spiro atoms. The number of hydrogen-bond acceptors (Lipinski definition) is 5. The fourth-order valence-electron chi connectivity index (χ4n) is 2.78. The maximum absolute atomic E-state index is 12.4. The molecular weight excluding hydrogens is 286 g/mol. The van der Waals surface area contributed by atoms with Gasteiger partial charge in [0.15, 0.2) is 0 Å². The second-order valence-electron chi connectivity index (χ2n) is 6.34. The van der Waals surface area contributed by atoms with Gasteiger partial charge in [0.25, 0.3) is 0 Å². The van der Waals surface area contributed by atoms with Crippen molar-refractivity contribution in [2.24, 2.45) is 0 Å². The molecule has 110 valence electrons. The standard InChI is InChI=1S/C15H17N3O2S/c1-15(2,3)20-14(19)18-8-10-4-12(18)11-7-17-6-9(5-16)13(11)21-10/h6-7,10,12H,4,8H2,1-3H3/t10-,12-/m0/s1. The van der Waals surface area contributed by atoms with E-state index in [-0.39, 0.29) is 12.1 Å². The molecule has 0 aliphatic carbocycles. The van der Waals surface area contributed by atoms with E-state index in [4.69, 9.17) is 4.74 Å². The molecule has 6 heteroatoms. The number of likely N-dealkylation sites (tertiary alicyclic amines) is 1. The zero-order valence-corrected chi connectivity index (χ0v) is 13.1. The number of ether oxygens (including phenoxy) is 1. The summed E-state index contributed by atoms with van der Waals surface area (Å²) in [4.78, 5) is 19.3. The maximum Gasteiger partial charge on any atom is 0.410 e. The molecule has 1 saturated heterocycles. The molecule has 0 unspecified atom stereocenters. The van der Waals surface area contributed by atoms with Gasteiger partial charge in [-0.2, -0.15) is 5.26 Å². The highest BCUT2D eigenvalue weighted by Crippen LogP contribution is 2.49. The topological polar surface area (TPSA) is 66.2 Å². The van der Waals surface area contributed by atoms with Gasteiger partial charge in [-0.05, 0) is 27.2 Å². The lowest BCUT2D eigenvalue weighted by Gasteiger charge is -2.29. The third-order valence-corrected chi connectivity index (χ3v) is 4.94. The average molecular weight is 303 g/mol. The minimum atomic E-state index is -0.503. The fourth-order valence-corrected chi connectivity index (χ4v) is 4.18. The Morgan fingerprint density at radius 3 is 2.95 bits per heavy atom. The molecule has 21 heavy (non-hydrogen) atoms. The van der Waals surface area contributed by atoms with E-state index >= 15 is 0 Å². The number of pyridine rings is 1. The quantitative estimate of drug-likeness (QED) is 0.736. The molecule has 1 fully saturated rings. The van der Waals surface area contributed by atoms with Gasteiger partial charge in [0.05, 0.1) is 11.6 Å². The lowest BCUT2D eigenvalue weighted by molar-refractivity contribution is 0.0224. The molecule has 0 N–H and O–H groups in total. The van der Waals surface area contributed by atoms with Crippen molar-refractivity contribution in [1.29, 1.82) is 5.26 Å². The molecule has 1 aromatic rings. The predicted octanol–water partition coefficient (Wildman–Crippen LogP) is 3.11. The van der Waals surface area contributed by atoms with Crippen molar-refractivity contribution in [3.63, 3.8) is 0 Å². The van der Waals surface area contributed by atoms with E-state index < -0.39 is 5.60 Å². The predicted molar refractivity (Wildman–Crippen MR) is 78.9 cm³/mol. The summed E-state index contributed by atoms with van der Waals surface area (Å²) >= 11 is 1.68. The number of hydrogen-bond donors (Lipinski definition) is 0. The van der Waals surface area contributed by atoms with E-state index in [0.717, 1.165) is 16.9 Å². The van der Waals surface area contributed by atoms with Crippen LogP contribution in [0.2, 0.25) is 0 Å². The minimum Gasteiger partial charge on any atom is -0.444 e. The highest BCUT2D eigenvalue weighted by atomic mass is 32.2. The summed E-state index contributed by atoms with van der Waals surface area (Å²) in [7, 11) is 0. The first-order chi connectivity index (χ1) is 9.89. The van der Waals surface area contributed by atoms with Gasteiger partial charge in [-0.3, -0.25) is 9.88 Å². The summed E-state index contributed by atoms with van der Waals surface area (Å²) in [5, 5.41) is 9.53. The molecule has 2 bridgehead atoms. The first-order valence-electron chi connectivity index (χ1n) is 6.93. The van der Waals surface area contributed by atoms with Crippen LogP contribution in [0.3, 0.4) is 0 Å². The van der Waals surface area contributed by atoms with Crippen LogP contribution in [0.5, 0.6) is 0 Å². The third kappa shape index (κ3) is 2.58. The number of rotatable bonds is 0. The Hall–Kier alpha value is -1.74. The molecule has 1 amide bonds. The van der Waals surface area contributed by atoms with Crippen molar-refractivity contribution in [3.05, 3.63) is 23.5 Å². The van der Waals surface area contributed by atoms with Crippen molar-refractivity contribution >= 4 is 17.9 Å². The van der Waals surface area contributed by atoms with Crippen LogP contribution in [0.1, 0.15) is 44.4 Å². The summed E-state index contributed by atoms with van der Waals surface area (Å²) in [5.41, 5.74) is 1.06. The van der Waals surface area contributed by atoms with Crippen molar-refractivity contribution in [2.75, 3.05) is 6.54 Å². The van der Waals surface area contributed by atoms with E-state index in [0.29, 0.717) is 17.4 Å². The van der Waals surface area contributed by atoms with Crippen LogP contribution < -0.4 is 0 Å². The Morgan fingerprint density at radius 1 is 1.52 bits per heavy atom. The monoisotopic (exact) mass is 303 g/mol. The first kappa shape index (κ1) is 14.2. The maximum atomic E-state index is 12.4. The third-order valence-electron chi connectivity index (χ3n) is 3.58. The van der Waals surface area contributed by atoms with Gasteiger partial charge < -0.3 is 4.74 Å². The zero-order valence-electron chi connectivity index (χ0n) is 12.3. The normalized spacial score (nSPS) is 23.4. The van der Waals surface area contributed by atoms with E-state index in [2.05, 4.69) is 11.1 Å². The molecule has 2 aliphatic heterocycles. The number of amides is 1. The number of aromatic nitrogens is 1. The van der Waals surface area contributed by atoms with E-state index in [1.54, 1.807) is 29.1 Å². The molecule has 2 aliphatic rings. The molecule has 0 radical (unpaired) electrons. The van der Waals surface area contributed by atoms with Crippen molar-refractivity contribution in [2.45, 2.75) is 49.0 Å². The highest BCUT2D eigenvalue weighted by Gasteiger charge is 2.44. The van der Waals surface area contributed by atoms with E-state index in [9.17, 15) is 10.1 Å². The molecular formula is C15H17N3O2S. The van der Waals surface area contributed by atoms with Gasteiger partial charge in [-0.15, -0.1) is 11.8 Å². The number of nitriles is 1. The molecule has 0 saturated carbocycles. The van der Waals surface area contributed by atoms with Gasteiger partial charge in [-0.25, -0.2) is 4.79 Å². The van der Waals surface area contributed by atoms with Crippen LogP contribution in [0, 0.1) is 11.3 Å². The molecule has 0 aromatic carbocycles. The Balaban J connectivity index is 1.92. The van der Waals surface area contributed by atoms with Crippen LogP contribution >= 0.6 is 11.8 Å². The van der Waals surface area contributed by atoms with Crippen molar-refractivity contribution < 1.29 is 9.53 Å². The molecule has 1 aromatic heterocycles. The minimum absolute atomic E-state index is 0.0260. The number of carbonyl (C=O) groups is 1. The zero-order chi connectivity index (χ0) is 15.2. The SMILES string of the molecule is CC(C)(C)OC(=O)N1C[C@@H]2C[C@H]1c1cncc(C#N)c1S2. The second-order valence-corrected chi connectivity index (χ2v) is 7.65. The van der Waals surface area contributed by atoms with Gasteiger partial charge in [0.1, 0.15) is 11.7 Å². The number of carbonyl (C=O) groups excluding carboxylic acids is 1. The van der Waals surface area contributed by atoms with Gasteiger partial charge >= 0.3 is 6.09 Å². The summed E-state index contributed by atoms with van der Waals surface area (Å²) in [6.45, 7) is 6.26. The summed E-state index contributed by atoms with van der Waals surface area (Å²) in [6.07, 6.45) is 3.97. The van der Waals surface area contributed by atoms with Crippen LogP contribution in [0.25, 0.3) is 0 Å². The molecule has 3 heterocycles. The Morgan fingerprint density at radius 2 is 2.29 bits per heavy atom. The van der Waals surface area contributed by atoms with Gasteiger partial charge in [-0.1, -0.05) is 0 Å². The molecule has 2 atom stereocenters. The Bertz CT molecular complexity index is 633. The number of thioether (sulfide) groups is 1. The Labute approximate surface area is 128 Å². The lowest BCUT2D eigenvalue weighted by Crippen LogP contribution is -2.36. The smallest absolute Gasteiger partial charge is 0.410 e. The van der Waals surface area contributed by atoms with Crippen LogP contribution in [0.15, 0.2) is 17.3 Å². The van der Waals surface area contributed by atoms with Crippen LogP contribution in [-0.4, -0.2) is 33.4 Å². The number of nitrogens with zero attached hydrogens (tertiary/aromatic N) is 3. The fraction of sp³-hybridized carbons (Fsp3) is 0.533. The van der Waals surface area contributed by atoms with Crippen molar-refractivity contribution in [1.82, 2.24) is 9.88 Å². The van der Waals surface area contributed by atoms with Crippen LogP contribution in [-0.2, 0) is 4.74 Å². The van der Waals surface area contributed by atoms with Crippen LogP contribution in [0.4, 0.5) is 4.79 Å². The summed E-state index contributed by atoms with van der Waals surface area (Å²) in [5.74, 6) is 0. The van der Waals surface area contributed by atoms with E-state index in [1.165, 1.54) is 0 Å². The largest absolute Gasteiger partial charge is 0.444 e. The Kier molecular flexibility index (Phi) is 3.33. The molecule has 3 rings (SSSR count). The van der Waals surface area contributed by atoms with Crippen molar-refractivity contribution in [3.8, 4) is 6.07 Å². The average Bonchev–Trinajstić information content (AvgIpc) is 2.75. The molecule has 5 nitrogen and oxygen atoms in total. The first-order valence-corrected chi connectivity index (χ1v) is 7.81. The number of fused-ring (bicyclic) bond motifs is 4. The van der Waals surface area contributed by atoms with Gasteiger partial charge in [0, 0.05) is 34.6 Å². The lowest BCUT2D eigenvalue weighted by atomic mass is 10.0. The summed E-state index contributed by atoms with van der Waals surface area (Å²) < 4.78 is 5.49. The van der Waals surface area contributed by atoms with Gasteiger partial charge in [0.2, 0.25) is 0 Å². The van der Waals surface area contributed by atoms with E-state index in [1.807, 2.05) is 20.8 Å². The summed E-state index contributed by atoms with van der Waals surface area (Å²) in [6, 6.07) is 2.16.